The molecule has 0 bridgehead atoms. The predicted octanol–water partition coefficient (Wildman–Crippen LogP) is 3.28. The number of carbonyl (C=O) groups excluding carboxylic acids is 1. The van der Waals surface area contributed by atoms with E-state index in [1.54, 1.807) is 0 Å². The van der Waals surface area contributed by atoms with Crippen LogP contribution in [0.3, 0.4) is 0 Å². The van der Waals surface area contributed by atoms with Crippen molar-refractivity contribution < 1.29 is 14.6 Å². The SMILES string of the molecule is Cc1c(C)c2c(c(C)c1O)CCC(C)(C(=O)NCCCCN(C)C)O2.Cl. The summed E-state index contributed by atoms with van der Waals surface area (Å²) in [6.45, 7) is 9.30. The van der Waals surface area contributed by atoms with Crippen molar-refractivity contribution in [1.82, 2.24) is 10.2 Å². The molecule has 1 aliphatic heterocycles. The number of benzene rings is 1. The van der Waals surface area contributed by atoms with Crippen LogP contribution in [0.2, 0.25) is 0 Å². The van der Waals surface area contributed by atoms with E-state index in [9.17, 15) is 9.90 Å². The third-order valence-corrected chi connectivity index (χ3v) is 5.32. The van der Waals surface area contributed by atoms with Gasteiger partial charge in [-0.05, 0) is 84.3 Å². The highest BCUT2D eigenvalue weighted by Crippen LogP contribution is 2.43. The van der Waals surface area contributed by atoms with E-state index in [2.05, 4.69) is 24.3 Å². The van der Waals surface area contributed by atoms with Gasteiger partial charge in [-0.1, -0.05) is 0 Å². The van der Waals surface area contributed by atoms with Crippen LogP contribution in [0.15, 0.2) is 0 Å². The second-order valence-electron chi connectivity index (χ2n) is 7.63. The molecule has 1 heterocycles. The Kier molecular flexibility index (Phi) is 7.78. The Balaban J connectivity index is 0.00000338. The Morgan fingerprint density at radius 3 is 2.46 bits per heavy atom. The lowest BCUT2D eigenvalue weighted by Gasteiger charge is -2.36. The molecule has 148 valence electrons. The summed E-state index contributed by atoms with van der Waals surface area (Å²) in [5.74, 6) is 1.06. The van der Waals surface area contributed by atoms with Crippen molar-refractivity contribution in [1.29, 1.82) is 0 Å². The van der Waals surface area contributed by atoms with Crippen LogP contribution in [-0.4, -0.2) is 48.7 Å². The number of halogens is 1. The fourth-order valence-corrected chi connectivity index (χ4v) is 3.35. The van der Waals surface area contributed by atoms with Crippen molar-refractivity contribution in [2.45, 2.75) is 59.0 Å². The van der Waals surface area contributed by atoms with E-state index in [1.807, 2.05) is 27.7 Å². The van der Waals surface area contributed by atoms with E-state index in [1.165, 1.54) is 0 Å². The van der Waals surface area contributed by atoms with Gasteiger partial charge in [0.1, 0.15) is 11.5 Å². The van der Waals surface area contributed by atoms with E-state index in [0.717, 1.165) is 53.8 Å². The summed E-state index contributed by atoms with van der Waals surface area (Å²) in [5.41, 5.74) is 2.78. The summed E-state index contributed by atoms with van der Waals surface area (Å²) in [4.78, 5) is 14.8. The number of nitrogens with zero attached hydrogens (tertiary/aromatic N) is 1. The molecule has 0 fully saturated rings. The van der Waals surface area contributed by atoms with Gasteiger partial charge in [0.2, 0.25) is 0 Å². The molecule has 0 aliphatic carbocycles. The molecule has 2 rings (SSSR count). The van der Waals surface area contributed by atoms with E-state index in [0.29, 0.717) is 18.7 Å². The lowest BCUT2D eigenvalue weighted by atomic mass is 9.86. The number of fused-ring (bicyclic) bond motifs is 1. The molecule has 1 aliphatic rings. The van der Waals surface area contributed by atoms with Crippen molar-refractivity contribution in [3.8, 4) is 11.5 Å². The highest BCUT2D eigenvalue weighted by molar-refractivity contribution is 5.86. The molecule has 0 saturated heterocycles. The van der Waals surface area contributed by atoms with Gasteiger partial charge < -0.3 is 20.1 Å². The van der Waals surface area contributed by atoms with Crippen LogP contribution >= 0.6 is 12.4 Å². The number of aromatic hydroxyl groups is 1. The molecule has 5 nitrogen and oxygen atoms in total. The van der Waals surface area contributed by atoms with Gasteiger partial charge in [0.15, 0.2) is 5.60 Å². The number of rotatable bonds is 6. The monoisotopic (exact) mass is 384 g/mol. The Morgan fingerprint density at radius 1 is 1.19 bits per heavy atom. The van der Waals surface area contributed by atoms with Crippen LogP contribution in [0.4, 0.5) is 0 Å². The standard InChI is InChI=1S/C20H32N2O3.ClH/c1-13-14(2)18-16(15(3)17(13)23)9-10-20(4,25-18)19(24)21-11-7-8-12-22(5)6;/h23H,7-12H2,1-6H3,(H,21,24);1H. The van der Waals surface area contributed by atoms with Gasteiger partial charge in [0.05, 0.1) is 0 Å². The first-order valence-corrected chi connectivity index (χ1v) is 9.11. The highest BCUT2D eigenvalue weighted by Gasteiger charge is 2.40. The fourth-order valence-electron chi connectivity index (χ4n) is 3.35. The molecule has 0 saturated carbocycles. The average Bonchev–Trinajstić information content (AvgIpc) is 2.57. The molecule has 1 aromatic carbocycles. The molecule has 1 atom stereocenters. The molecule has 26 heavy (non-hydrogen) atoms. The average molecular weight is 385 g/mol. The third-order valence-electron chi connectivity index (χ3n) is 5.32. The third kappa shape index (κ3) is 4.63. The minimum absolute atomic E-state index is 0. The zero-order chi connectivity index (χ0) is 18.8. The van der Waals surface area contributed by atoms with Crippen LogP contribution in [0.1, 0.15) is 48.4 Å². The molecule has 0 spiro atoms. The lowest BCUT2D eigenvalue weighted by Crippen LogP contribution is -2.51. The molecule has 0 radical (unpaired) electrons. The van der Waals surface area contributed by atoms with Crippen LogP contribution in [0, 0.1) is 20.8 Å². The Labute approximate surface area is 163 Å². The Hall–Kier alpha value is -1.46. The minimum Gasteiger partial charge on any atom is -0.507 e. The van der Waals surface area contributed by atoms with Crippen LogP contribution in [0.5, 0.6) is 11.5 Å². The van der Waals surface area contributed by atoms with Crippen molar-refractivity contribution in [2.75, 3.05) is 27.2 Å². The van der Waals surface area contributed by atoms with Crippen molar-refractivity contribution in [3.63, 3.8) is 0 Å². The van der Waals surface area contributed by atoms with Crippen LogP contribution < -0.4 is 10.1 Å². The topological polar surface area (TPSA) is 61.8 Å². The molecule has 1 amide bonds. The number of nitrogens with one attached hydrogen (secondary N) is 1. The van der Waals surface area contributed by atoms with E-state index in [-0.39, 0.29) is 18.3 Å². The summed E-state index contributed by atoms with van der Waals surface area (Å²) in [5, 5.41) is 13.3. The summed E-state index contributed by atoms with van der Waals surface area (Å²) in [7, 11) is 4.11. The summed E-state index contributed by atoms with van der Waals surface area (Å²) in [6.07, 6.45) is 3.37. The Morgan fingerprint density at radius 2 is 1.85 bits per heavy atom. The normalized spacial score (nSPS) is 18.7. The van der Waals surface area contributed by atoms with E-state index in [4.69, 9.17) is 4.74 Å². The maximum atomic E-state index is 12.7. The molecule has 1 unspecified atom stereocenters. The second kappa shape index (κ2) is 8.96. The number of unbranched alkanes of at least 4 members (excludes halogenated alkanes) is 1. The fraction of sp³-hybridized carbons (Fsp3) is 0.650. The molecule has 0 aromatic heterocycles. The zero-order valence-electron chi connectivity index (χ0n) is 16.9. The number of phenols is 1. The molecular formula is C20H33ClN2O3. The number of amides is 1. The first-order chi connectivity index (χ1) is 11.7. The van der Waals surface area contributed by atoms with E-state index < -0.39 is 5.60 Å². The van der Waals surface area contributed by atoms with Gasteiger partial charge in [-0.3, -0.25) is 4.79 Å². The first kappa shape index (κ1) is 22.6. The molecular weight excluding hydrogens is 352 g/mol. The zero-order valence-corrected chi connectivity index (χ0v) is 17.7. The number of carbonyl (C=O) groups is 1. The Bertz CT molecular complexity index is 661. The maximum absolute atomic E-state index is 12.7. The largest absolute Gasteiger partial charge is 0.507 e. The van der Waals surface area contributed by atoms with Gasteiger partial charge in [0.25, 0.3) is 5.91 Å². The molecule has 1 aromatic rings. The van der Waals surface area contributed by atoms with Gasteiger partial charge in [-0.25, -0.2) is 0 Å². The van der Waals surface area contributed by atoms with Gasteiger partial charge in [0, 0.05) is 18.5 Å². The van der Waals surface area contributed by atoms with Crippen LogP contribution in [-0.2, 0) is 11.2 Å². The van der Waals surface area contributed by atoms with E-state index >= 15 is 0 Å². The maximum Gasteiger partial charge on any atom is 0.263 e. The molecule has 2 N–H and O–H groups in total. The highest BCUT2D eigenvalue weighted by atomic mass is 35.5. The quantitative estimate of drug-likeness (QED) is 0.739. The second-order valence-corrected chi connectivity index (χ2v) is 7.63. The lowest BCUT2D eigenvalue weighted by molar-refractivity contribution is -0.136. The van der Waals surface area contributed by atoms with Gasteiger partial charge >= 0.3 is 0 Å². The number of ether oxygens (including phenoxy) is 1. The van der Waals surface area contributed by atoms with Crippen molar-refractivity contribution in [3.05, 3.63) is 22.3 Å². The number of hydrogen-bond donors (Lipinski definition) is 2. The molecule has 6 heteroatoms. The van der Waals surface area contributed by atoms with Crippen LogP contribution in [0.25, 0.3) is 0 Å². The smallest absolute Gasteiger partial charge is 0.263 e. The predicted molar refractivity (Wildman–Crippen MR) is 108 cm³/mol. The first-order valence-electron chi connectivity index (χ1n) is 9.11. The minimum atomic E-state index is -0.852. The van der Waals surface area contributed by atoms with Crippen molar-refractivity contribution in [2.24, 2.45) is 0 Å². The van der Waals surface area contributed by atoms with Crippen molar-refractivity contribution >= 4 is 18.3 Å². The number of hydrogen-bond acceptors (Lipinski definition) is 4. The summed E-state index contributed by atoms with van der Waals surface area (Å²) < 4.78 is 6.19. The summed E-state index contributed by atoms with van der Waals surface area (Å²) in [6, 6.07) is 0. The van der Waals surface area contributed by atoms with Gasteiger partial charge in [-0.2, -0.15) is 0 Å². The number of phenolic OH excluding ortho intramolecular Hbond substituents is 1. The summed E-state index contributed by atoms with van der Waals surface area (Å²) >= 11 is 0. The van der Waals surface area contributed by atoms with Gasteiger partial charge in [-0.15, -0.1) is 12.4 Å².